The summed E-state index contributed by atoms with van der Waals surface area (Å²) in [4.78, 5) is 2.44. The largest absolute Gasteiger partial charge is 0.361 e. The number of para-hydroxylation sites is 3. The number of nitrogens with zero attached hydrogens (tertiary/aromatic N) is 2. The summed E-state index contributed by atoms with van der Waals surface area (Å²) in [5.74, 6) is 0. The Bertz CT molecular complexity index is 3530. The molecule has 0 bridgehead atoms. The van der Waals surface area contributed by atoms with Crippen LogP contribution < -0.4 is 10.2 Å². The molecule has 3 heterocycles. The van der Waals surface area contributed by atoms with E-state index in [0.717, 1.165) is 24.3 Å². The number of allylic oxidation sites excluding steroid dienone is 7. The molecular weight excluding hydrogens is 895 g/mol. The molecule has 0 atom stereocenters. The normalized spacial score (nSPS) is 14.1. The van der Waals surface area contributed by atoms with Crippen LogP contribution in [0, 0.1) is 20.8 Å². The molecular formula is C71H73N3. The van der Waals surface area contributed by atoms with Crippen LogP contribution >= 0.6 is 0 Å². The average molecular weight is 968 g/mol. The second-order valence-corrected chi connectivity index (χ2v) is 19.3. The smallest absolute Gasteiger partial charge is 0.0542 e. The molecule has 7 aromatic carbocycles. The number of hydrogen-bond donors (Lipinski definition) is 1. The van der Waals surface area contributed by atoms with Gasteiger partial charge in [-0.15, -0.1) is 0 Å². The van der Waals surface area contributed by atoms with Crippen LogP contribution in [-0.4, -0.2) is 11.1 Å². The van der Waals surface area contributed by atoms with Gasteiger partial charge >= 0.3 is 0 Å². The molecule has 10 rings (SSSR count). The fraction of sp³-hybridized carbons (Fsp3) is 0.183. The molecule has 0 spiro atoms. The summed E-state index contributed by atoms with van der Waals surface area (Å²) < 4.78 is 2.44. The summed E-state index contributed by atoms with van der Waals surface area (Å²) >= 11 is 0. The van der Waals surface area contributed by atoms with Gasteiger partial charge in [0.15, 0.2) is 0 Å². The van der Waals surface area contributed by atoms with Crippen molar-refractivity contribution in [2.24, 2.45) is 0 Å². The van der Waals surface area contributed by atoms with E-state index >= 15 is 0 Å². The molecule has 1 N–H and O–H groups in total. The zero-order valence-corrected chi connectivity index (χ0v) is 45.6. The highest BCUT2D eigenvalue weighted by molar-refractivity contribution is 5.99. The van der Waals surface area contributed by atoms with Crippen molar-refractivity contribution in [2.75, 3.05) is 16.8 Å². The predicted octanol–water partition coefficient (Wildman–Crippen LogP) is 20.0. The molecule has 8 aromatic rings. The zero-order chi connectivity index (χ0) is 52.5. The van der Waals surface area contributed by atoms with Gasteiger partial charge in [-0.2, -0.15) is 0 Å². The predicted molar refractivity (Wildman–Crippen MR) is 326 cm³/mol. The molecule has 74 heavy (non-hydrogen) atoms. The number of aryl methyl sites for hydroxylation is 4. The first-order valence-corrected chi connectivity index (χ1v) is 26.4. The van der Waals surface area contributed by atoms with Crippen molar-refractivity contribution in [2.45, 2.75) is 82.6 Å². The standard InChI is InChI=1S/C47H40N2.C22H27N.C2H6/c1-5-34-21-22-36(29-42(34)38-17-8-6-13-31(38)2)37-23-25-44-43(30-37)39-18-9-7-16-35(39)24-26-46-41(27-28-48-44)40-19-10-11-20-45(40)49(46)47-32(3)14-12-15-33(47)4;1-7-11-17(5)14-19-15-23(21-13-10-9-12-20(19)21)22(16(3)4)18(6)8-2;1-2/h6-30,48H,5H2,1-4H3;7-14H,1,15H2,2-6H3;1-2H3/b26-24-,28-27+;17-11-,18-8-,19-14+;. The molecule has 0 radical (unpaired) electrons. The van der Waals surface area contributed by atoms with E-state index < -0.39 is 0 Å². The third kappa shape index (κ3) is 10.7. The van der Waals surface area contributed by atoms with Gasteiger partial charge in [-0.25, -0.2) is 0 Å². The molecule has 0 amide bonds. The summed E-state index contributed by atoms with van der Waals surface area (Å²) in [6.45, 7) is 28.4. The van der Waals surface area contributed by atoms with Crippen molar-refractivity contribution in [1.29, 1.82) is 0 Å². The topological polar surface area (TPSA) is 20.2 Å². The second-order valence-electron chi connectivity index (χ2n) is 19.3. The van der Waals surface area contributed by atoms with Gasteiger partial charge in [0, 0.05) is 51.9 Å². The maximum atomic E-state index is 3.79. The average Bonchev–Trinajstić information content (AvgIpc) is 3.91. The van der Waals surface area contributed by atoms with Gasteiger partial charge in [0.25, 0.3) is 0 Å². The minimum absolute atomic E-state index is 0.910. The van der Waals surface area contributed by atoms with E-state index in [4.69, 9.17) is 0 Å². The van der Waals surface area contributed by atoms with E-state index in [9.17, 15) is 0 Å². The van der Waals surface area contributed by atoms with Crippen LogP contribution in [0.15, 0.2) is 211 Å². The number of rotatable bonds is 8. The van der Waals surface area contributed by atoms with E-state index in [1.807, 2.05) is 19.9 Å². The van der Waals surface area contributed by atoms with E-state index in [0.29, 0.717) is 0 Å². The minimum atomic E-state index is 0.910. The lowest BCUT2D eigenvalue weighted by Crippen LogP contribution is -2.21. The Hall–Kier alpha value is -8.14. The van der Waals surface area contributed by atoms with Crippen LogP contribution in [0.1, 0.15) is 100 Å². The van der Waals surface area contributed by atoms with Crippen LogP contribution in [0.5, 0.6) is 0 Å². The lowest BCUT2D eigenvalue weighted by atomic mass is 9.90. The Labute approximate surface area is 442 Å². The number of benzene rings is 7. The zero-order valence-electron chi connectivity index (χ0n) is 45.6. The Kier molecular flexibility index (Phi) is 16.6. The maximum Gasteiger partial charge on any atom is 0.0542 e. The molecule has 2 aliphatic heterocycles. The Morgan fingerprint density at radius 3 is 1.97 bits per heavy atom. The molecule has 0 aliphatic carbocycles. The highest BCUT2D eigenvalue weighted by atomic mass is 15.2. The highest BCUT2D eigenvalue weighted by Crippen LogP contribution is 2.42. The van der Waals surface area contributed by atoms with Crippen LogP contribution in [0.25, 0.3) is 73.8 Å². The third-order valence-corrected chi connectivity index (χ3v) is 14.3. The summed E-state index contributed by atoms with van der Waals surface area (Å²) in [6, 6.07) is 55.2. The van der Waals surface area contributed by atoms with Gasteiger partial charge in [-0.05, 0) is 171 Å². The summed E-state index contributed by atoms with van der Waals surface area (Å²) in [7, 11) is 0. The molecule has 372 valence electrons. The fourth-order valence-corrected chi connectivity index (χ4v) is 10.7. The van der Waals surface area contributed by atoms with Crippen LogP contribution in [-0.2, 0) is 6.42 Å². The van der Waals surface area contributed by atoms with Gasteiger partial charge in [0.05, 0.1) is 16.9 Å². The molecule has 0 fully saturated rings. The van der Waals surface area contributed by atoms with Gasteiger partial charge in [0.2, 0.25) is 0 Å². The van der Waals surface area contributed by atoms with Gasteiger partial charge < -0.3 is 14.8 Å². The van der Waals surface area contributed by atoms with Crippen molar-refractivity contribution in [3.63, 3.8) is 0 Å². The first kappa shape index (κ1) is 52.2. The molecule has 3 heteroatoms. The quantitative estimate of drug-likeness (QED) is 0.153. The van der Waals surface area contributed by atoms with Gasteiger partial charge in [0.1, 0.15) is 0 Å². The Morgan fingerprint density at radius 1 is 0.635 bits per heavy atom. The highest BCUT2D eigenvalue weighted by Gasteiger charge is 2.27. The van der Waals surface area contributed by atoms with E-state index in [-0.39, 0.29) is 0 Å². The molecule has 1 aromatic heterocycles. The molecule has 2 aliphatic rings. The third-order valence-electron chi connectivity index (χ3n) is 14.3. The minimum Gasteiger partial charge on any atom is -0.361 e. The van der Waals surface area contributed by atoms with Crippen molar-refractivity contribution in [1.82, 2.24) is 4.57 Å². The van der Waals surface area contributed by atoms with Crippen molar-refractivity contribution in [3.05, 3.63) is 256 Å². The number of nitrogens with one attached hydrogen (secondary N) is 1. The summed E-state index contributed by atoms with van der Waals surface area (Å²) in [5, 5.41) is 4.93. The SMILES string of the molecule is C=C/C=C(C)\C=C1/CN(C(=C(C)C)/C(C)=C\C)c2ccccc21.CC.CCc1ccc(-c2ccc3c(c2)-c2ccccc2/C=C\c2c(c4ccccc4n2-c2c(C)cccc2C)/C=C/N3)cc1-c1ccccc1C. The monoisotopic (exact) mass is 968 g/mol. The van der Waals surface area contributed by atoms with E-state index in [2.05, 4.69) is 278 Å². The molecule has 0 saturated heterocycles. The van der Waals surface area contributed by atoms with Crippen molar-refractivity contribution >= 4 is 46.1 Å². The Balaban J connectivity index is 0.000000245. The number of anilines is 2. The van der Waals surface area contributed by atoms with Crippen LogP contribution in [0.2, 0.25) is 0 Å². The van der Waals surface area contributed by atoms with E-state index in [1.165, 1.54) is 123 Å². The van der Waals surface area contributed by atoms with Crippen molar-refractivity contribution in [3.8, 4) is 39.1 Å². The molecule has 0 saturated carbocycles. The van der Waals surface area contributed by atoms with Gasteiger partial charge in [-0.1, -0.05) is 190 Å². The molecule has 0 unspecified atom stereocenters. The number of aromatic nitrogens is 1. The Morgan fingerprint density at radius 2 is 1.27 bits per heavy atom. The van der Waals surface area contributed by atoms with E-state index in [1.54, 1.807) is 0 Å². The molecule has 3 nitrogen and oxygen atoms in total. The lowest BCUT2D eigenvalue weighted by Gasteiger charge is -2.25. The maximum absolute atomic E-state index is 3.79. The van der Waals surface area contributed by atoms with Crippen molar-refractivity contribution < 1.29 is 0 Å². The van der Waals surface area contributed by atoms with Crippen LogP contribution in [0.3, 0.4) is 0 Å². The number of hydrogen-bond acceptors (Lipinski definition) is 2. The first-order valence-electron chi connectivity index (χ1n) is 26.4. The second kappa shape index (κ2) is 23.6. The first-order chi connectivity index (χ1) is 36.0. The fourth-order valence-electron chi connectivity index (χ4n) is 10.7. The van der Waals surface area contributed by atoms with Gasteiger partial charge in [-0.3, -0.25) is 0 Å². The lowest BCUT2D eigenvalue weighted by molar-refractivity contribution is 1.02. The number of fused-ring (bicyclic) bond motifs is 7. The van der Waals surface area contributed by atoms with Crippen LogP contribution in [0.4, 0.5) is 11.4 Å². The summed E-state index contributed by atoms with van der Waals surface area (Å²) in [5.41, 5.74) is 28.8. The summed E-state index contributed by atoms with van der Waals surface area (Å²) in [6.07, 6.45) is 18.3.